The van der Waals surface area contributed by atoms with Crippen LogP contribution >= 0.6 is 11.8 Å². The summed E-state index contributed by atoms with van der Waals surface area (Å²) in [6.07, 6.45) is 0.936. The molecule has 1 heterocycles. The van der Waals surface area contributed by atoms with Crippen molar-refractivity contribution in [3.63, 3.8) is 0 Å². The molecule has 3 aromatic carbocycles. The van der Waals surface area contributed by atoms with Gasteiger partial charge in [-0.3, -0.25) is 14.2 Å². The highest BCUT2D eigenvalue weighted by molar-refractivity contribution is 7.99. The van der Waals surface area contributed by atoms with Crippen molar-refractivity contribution >= 4 is 28.6 Å². The van der Waals surface area contributed by atoms with Crippen molar-refractivity contribution < 1.29 is 9.53 Å². The van der Waals surface area contributed by atoms with E-state index in [9.17, 15) is 9.59 Å². The van der Waals surface area contributed by atoms with E-state index in [-0.39, 0.29) is 23.1 Å². The number of nitrogens with zero attached hydrogens (tertiary/aromatic N) is 2. The molecule has 7 heteroatoms. The van der Waals surface area contributed by atoms with Gasteiger partial charge in [0.2, 0.25) is 5.91 Å². The molecule has 1 atom stereocenters. The van der Waals surface area contributed by atoms with E-state index in [1.807, 2.05) is 60.7 Å². The van der Waals surface area contributed by atoms with Gasteiger partial charge in [-0.25, -0.2) is 4.98 Å². The summed E-state index contributed by atoms with van der Waals surface area (Å²) < 4.78 is 6.88. The van der Waals surface area contributed by atoms with Gasteiger partial charge in [0.25, 0.3) is 5.56 Å². The highest BCUT2D eigenvalue weighted by Gasteiger charge is 2.15. The molecule has 1 aromatic heterocycles. The molecule has 1 N–H and O–H groups in total. The lowest BCUT2D eigenvalue weighted by molar-refractivity contribution is -0.118. The van der Waals surface area contributed by atoms with Crippen LogP contribution in [0.1, 0.15) is 30.4 Å². The lowest BCUT2D eigenvalue weighted by Gasteiger charge is -2.17. The molecule has 0 aliphatic rings. The van der Waals surface area contributed by atoms with Gasteiger partial charge in [-0.1, -0.05) is 73.3 Å². The Balaban J connectivity index is 1.50. The summed E-state index contributed by atoms with van der Waals surface area (Å²) in [4.78, 5) is 30.7. The first-order valence-electron chi connectivity index (χ1n) is 11.7. The fourth-order valence-corrected chi connectivity index (χ4v) is 4.78. The van der Waals surface area contributed by atoms with Crippen LogP contribution in [0.15, 0.2) is 88.8 Å². The zero-order chi connectivity index (χ0) is 24.6. The normalized spacial score (nSPS) is 11.8. The first kappa shape index (κ1) is 24.5. The summed E-state index contributed by atoms with van der Waals surface area (Å²) in [6.45, 7) is 3.05. The number of hydrogen-bond donors (Lipinski definition) is 1. The molecule has 6 nitrogen and oxygen atoms in total. The molecule has 0 aliphatic carbocycles. The minimum absolute atomic E-state index is 0.0808. The van der Waals surface area contributed by atoms with Crippen LogP contribution in [0.2, 0.25) is 0 Å². The van der Waals surface area contributed by atoms with Crippen molar-refractivity contribution in [2.24, 2.45) is 0 Å². The zero-order valence-electron chi connectivity index (χ0n) is 19.9. The number of benzene rings is 3. The van der Waals surface area contributed by atoms with E-state index in [0.717, 1.165) is 17.7 Å². The van der Waals surface area contributed by atoms with E-state index >= 15 is 0 Å². The second-order valence-corrected chi connectivity index (χ2v) is 9.20. The average molecular weight is 488 g/mol. The van der Waals surface area contributed by atoms with Crippen LogP contribution < -0.4 is 15.6 Å². The van der Waals surface area contributed by atoms with Crippen LogP contribution in [0.5, 0.6) is 5.75 Å². The van der Waals surface area contributed by atoms with E-state index < -0.39 is 0 Å². The molecule has 4 rings (SSSR count). The smallest absolute Gasteiger partial charge is 0.262 e. The third-order valence-corrected chi connectivity index (χ3v) is 6.94. The third-order valence-electron chi connectivity index (χ3n) is 5.97. The number of ether oxygens (including phenoxy) is 1. The van der Waals surface area contributed by atoms with Crippen LogP contribution in [0.4, 0.5) is 0 Å². The number of thioether (sulfide) groups is 1. The summed E-state index contributed by atoms with van der Waals surface area (Å²) in [5.41, 5.74) is 2.67. The summed E-state index contributed by atoms with van der Waals surface area (Å²) in [6, 6.07) is 25.1. The number of nitrogens with one attached hydrogen (secondary N) is 1. The molecule has 0 spiro atoms. The minimum Gasteiger partial charge on any atom is -0.497 e. The molecular formula is C28H29N3O3S. The molecular weight excluding hydrogens is 458 g/mol. The van der Waals surface area contributed by atoms with Crippen LogP contribution in [-0.4, -0.2) is 34.9 Å². The van der Waals surface area contributed by atoms with Gasteiger partial charge >= 0.3 is 0 Å². The van der Waals surface area contributed by atoms with Gasteiger partial charge in [-0.05, 0) is 41.8 Å². The number of amides is 1. The Morgan fingerprint density at radius 2 is 1.74 bits per heavy atom. The van der Waals surface area contributed by atoms with Gasteiger partial charge in [0, 0.05) is 12.5 Å². The number of carbonyl (C=O) groups is 1. The molecule has 0 unspecified atom stereocenters. The van der Waals surface area contributed by atoms with Crippen molar-refractivity contribution in [2.75, 3.05) is 19.4 Å². The van der Waals surface area contributed by atoms with Crippen molar-refractivity contribution in [3.8, 4) is 5.75 Å². The standard InChI is InChI=1S/C28H29N3O3S/c1-3-21(22-9-5-4-6-10-22)17-29-26(32)19-35-28-30-25-12-8-7-11-24(25)27(33)31(28)18-20-13-15-23(34-2)16-14-20/h4-16,21H,3,17-19H2,1-2H3,(H,29,32)/t21-/m1/s1. The number of para-hydroxylation sites is 1. The Kier molecular flexibility index (Phi) is 8.21. The molecule has 0 aliphatic heterocycles. The fraction of sp³-hybridized carbons (Fsp3) is 0.250. The van der Waals surface area contributed by atoms with Gasteiger partial charge < -0.3 is 10.1 Å². The second-order valence-electron chi connectivity index (χ2n) is 8.26. The summed E-state index contributed by atoms with van der Waals surface area (Å²) in [5.74, 6) is 1.11. The van der Waals surface area contributed by atoms with E-state index in [1.54, 1.807) is 17.7 Å². The lowest BCUT2D eigenvalue weighted by Crippen LogP contribution is -2.30. The third kappa shape index (κ3) is 6.11. The summed E-state index contributed by atoms with van der Waals surface area (Å²) in [5, 5.41) is 4.13. The second kappa shape index (κ2) is 11.7. The van der Waals surface area contributed by atoms with Crippen molar-refractivity contribution in [2.45, 2.75) is 31.0 Å². The van der Waals surface area contributed by atoms with E-state index in [4.69, 9.17) is 9.72 Å². The Hall–Kier alpha value is -3.58. The maximum Gasteiger partial charge on any atom is 0.262 e. The molecule has 4 aromatic rings. The van der Waals surface area contributed by atoms with Crippen LogP contribution in [0.3, 0.4) is 0 Å². The van der Waals surface area contributed by atoms with Crippen LogP contribution in [-0.2, 0) is 11.3 Å². The quantitative estimate of drug-likeness (QED) is 0.256. The topological polar surface area (TPSA) is 73.2 Å². The van der Waals surface area contributed by atoms with Gasteiger partial charge in [0.15, 0.2) is 5.16 Å². The zero-order valence-corrected chi connectivity index (χ0v) is 20.8. The highest BCUT2D eigenvalue weighted by Crippen LogP contribution is 2.21. The predicted octanol–water partition coefficient (Wildman–Crippen LogP) is 4.86. The first-order chi connectivity index (χ1) is 17.1. The molecule has 0 fully saturated rings. The Morgan fingerprint density at radius 1 is 1.03 bits per heavy atom. The Bertz CT molecular complexity index is 1340. The molecule has 35 heavy (non-hydrogen) atoms. The van der Waals surface area contributed by atoms with E-state index in [2.05, 4.69) is 24.4 Å². The monoisotopic (exact) mass is 487 g/mol. The molecule has 0 bridgehead atoms. The molecule has 0 saturated carbocycles. The highest BCUT2D eigenvalue weighted by atomic mass is 32.2. The Morgan fingerprint density at radius 3 is 2.46 bits per heavy atom. The van der Waals surface area contributed by atoms with Crippen LogP contribution in [0, 0.1) is 0 Å². The van der Waals surface area contributed by atoms with Crippen molar-refractivity contribution in [1.82, 2.24) is 14.9 Å². The maximum absolute atomic E-state index is 13.3. The predicted molar refractivity (Wildman–Crippen MR) is 141 cm³/mol. The van der Waals surface area contributed by atoms with Gasteiger partial charge in [0.1, 0.15) is 5.75 Å². The maximum atomic E-state index is 13.3. The fourth-order valence-electron chi connectivity index (χ4n) is 3.95. The first-order valence-corrected chi connectivity index (χ1v) is 12.6. The molecule has 0 radical (unpaired) electrons. The van der Waals surface area contributed by atoms with Gasteiger partial charge in [-0.2, -0.15) is 0 Å². The van der Waals surface area contributed by atoms with Crippen molar-refractivity contribution in [1.29, 1.82) is 0 Å². The average Bonchev–Trinajstić information content (AvgIpc) is 2.90. The molecule has 0 saturated heterocycles. The number of fused-ring (bicyclic) bond motifs is 1. The Labute approximate surface area is 209 Å². The summed E-state index contributed by atoms with van der Waals surface area (Å²) >= 11 is 1.28. The molecule has 180 valence electrons. The van der Waals surface area contributed by atoms with Crippen molar-refractivity contribution in [3.05, 3.63) is 100 Å². The number of aromatic nitrogens is 2. The molecule has 1 amide bonds. The lowest BCUT2D eigenvalue weighted by atomic mass is 9.96. The van der Waals surface area contributed by atoms with Gasteiger partial charge in [0.05, 0.1) is 30.3 Å². The SMILES string of the molecule is CC[C@H](CNC(=O)CSc1nc2ccccc2c(=O)n1Cc1ccc(OC)cc1)c1ccccc1. The number of rotatable bonds is 10. The number of hydrogen-bond acceptors (Lipinski definition) is 5. The van der Waals surface area contributed by atoms with E-state index in [0.29, 0.717) is 29.1 Å². The van der Waals surface area contributed by atoms with Gasteiger partial charge in [-0.15, -0.1) is 0 Å². The largest absolute Gasteiger partial charge is 0.497 e. The van der Waals surface area contributed by atoms with E-state index in [1.165, 1.54) is 17.3 Å². The van der Waals surface area contributed by atoms with Crippen LogP contribution in [0.25, 0.3) is 10.9 Å². The number of carbonyl (C=O) groups excluding carboxylic acids is 1. The minimum atomic E-state index is -0.121. The number of methoxy groups -OCH3 is 1. The summed E-state index contributed by atoms with van der Waals surface area (Å²) in [7, 11) is 1.62.